The second kappa shape index (κ2) is 6.16. The lowest BCUT2D eigenvalue weighted by atomic mass is 10.1. The zero-order valence-electron chi connectivity index (χ0n) is 13.7. The smallest absolute Gasteiger partial charge is 0.340 e. The van der Waals surface area contributed by atoms with Crippen molar-refractivity contribution >= 4 is 17.3 Å². The van der Waals surface area contributed by atoms with Crippen LogP contribution in [-0.4, -0.2) is 55.2 Å². The standard InChI is InChI=1S/C16H22N3O4/c1-11(2)18-10-12-8-15(19(21)22-3)14(9-13(12)16(18)20)17-4-6-23-7-5-17/h8-9,11H,4-7,10H2,1-3H3/q+1. The molecular weight excluding hydrogens is 298 g/mol. The van der Waals surface area contributed by atoms with E-state index < -0.39 is 0 Å². The summed E-state index contributed by atoms with van der Waals surface area (Å²) in [6, 6.07) is 3.72. The van der Waals surface area contributed by atoms with Gasteiger partial charge in [-0.25, -0.2) is 4.84 Å². The minimum absolute atomic E-state index is 0.0194. The van der Waals surface area contributed by atoms with Crippen LogP contribution in [0.15, 0.2) is 12.1 Å². The second-order valence-electron chi connectivity index (χ2n) is 6.06. The van der Waals surface area contributed by atoms with Gasteiger partial charge in [-0.15, -0.1) is 0 Å². The van der Waals surface area contributed by atoms with Crippen molar-refractivity contribution in [3.05, 3.63) is 28.2 Å². The molecule has 23 heavy (non-hydrogen) atoms. The number of hydrogen-bond acceptors (Lipinski definition) is 5. The van der Waals surface area contributed by atoms with Crippen LogP contribution in [0.3, 0.4) is 0 Å². The van der Waals surface area contributed by atoms with Crippen molar-refractivity contribution in [1.82, 2.24) is 4.90 Å². The van der Waals surface area contributed by atoms with Crippen molar-refractivity contribution in [3.63, 3.8) is 0 Å². The van der Waals surface area contributed by atoms with E-state index in [1.165, 1.54) is 7.11 Å². The highest BCUT2D eigenvalue weighted by Crippen LogP contribution is 2.36. The molecule has 1 saturated heterocycles. The Morgan fingerprint density at radius 2 is 1.96 bits per heavy atom. The molecule has 0 spiro atoms. The molecule has 0 aromatic heterocycles. The van der Waals surface area contributed by atoms with Crippen LogP contribution in [0.25, 0.3) is 0 Å². The average molecular weight is 320 g/mol. The van der Waals surface area contributed by atoms with Crippen LogP contribution in [-0.2, 0) is 16.1 Å². The zero-order chi connectivity index (χ0) is 16.6. The Hall–Kier alpha value is -2.15. The molecule has 7 heteroatoms. The van der Waals surface area contributed by atoms with Crippen LogP contribution < -0.4 is 4.90 Å². The fourth-order valence-electron chi connectivity index (χ4n) is 3.08. The lowest BCUT2D eigenvalue weighted by molar-refractivity contribution is -0.736. The monoisotopic (exact) mass is 320 g/mol. The van der Waals surface area contributed by atoms with Gasteiger partial charge in [-0.2, -0.15) is 0 Å². The minimum Gasteiger partial charge on any atom is -0.378 e. The number of ether oxygens (including phenoxy) is 1. The van der Waals surface area contributed by atoms with Crippen LogP contribution in [0.1, 0.15) is 29.8 Å². The molecule has 124 valence electrons. The van der Waals surface area contributed by atoms with Crippen molar-refractivity contribution < 1.29 is 19.3 Å². The normalized spacial score (nSPS) is 17.7. The van der Waals surface area contributed by atoms with Gasteiger partial charge in [0.05, 0.1) is 18.1 Å². The fraction of sp³-hybridized carbons (Fsp3) is 0.562. The predicted molar refractivity (Wildman–Crippen MR) is 84.8 cm³/mol. The van der Waals surface area contributed by atoms with Gasteiger partial charge in [0.25, 0.3) is 10.8 Å². The number of benzene rings is 1. The van der Waals surface area contributed by atoms with Gasteiger partial charge in [-0.1, -0.05) is 0 Å². The number of amides is 1. The number of rotatable bonds is 4. The molecule has 2 heterocycles. The van der Waals surface area contributed by atoms with E-state index in [0.717, 1.165) is 11.3 Å². The molecule has 1 amide bonds. The highest BCUT2D eigenvalue weighted by Gasteiger charge is 2.35. The summed E-state index contributed by atoms with van der Waals surface area (Å²) < 4.78 is 5.37. The first-order chi connectivity index (χ1) is 11.0. The molecule has 0 radical (unpaired) electrons. The summed E-state index contributed by atoms with van der Waals surface area (Å²) >= 11 is 0. The third kappa shape index (κ3) is 2.76. The Morgan fingerprint density at radius 1 is 1.26 bits per heavy atom. The number of nitrogens with zero attached hydrogens (tertiary/aromatic N) is 3. The number of carbonyl (C=O) groups is 1. The molecule has 0 saturated carbocycles. The first kappa shape index (κ1) is 15.7. The summed E-state index contributed by atoms with van der Waals surface area (Å²) in [7, 11) is 1.34. The molecule has 1 aromatic carbocycles. The van der Waals surface area contributed by atoms with E-state index in [9.17, 15) is 9.70 Å². The van der Waals surface area contributed by atoms with E-state index in [0.29, 0.717) is 49.0 Å². The van der Waals surface area contributed by atoms with Crippen LogP contribution in [0.5, 0.6) is 0 Å². The van der Waals surface area contributed by atoms with Crippen LogP contribution in [0, 0.1) is 4.91 Å². The van der Waals surface area contributed by atoms with Crippen LogP contribution in [0.4, 0.5) is 11.4 Å². The van der Waals surface area contributed by atoms with Gasteiger partial charge in [0.15, 0.2) is 7.11 Å². The number of hydrogen-bond donors (Lipinski definition) is 0. The van der Waals surface area contributed by atoms with Crippen LogP contribution >= 0.6 is 0 Å². The summed E-state index contributed by atoms with van der Waals surface area (Å²) in [6.07, 6.45) is 0. The van der Waals surface area contributed by atoms with Gasteiger partial charge in [0.1, 0.15) is 5.69 Å². The van der Waals surface area contributed by atoms with E-state index in [1.54, 1.807) is 11.0 Å². The van der Waals surface area contributed by atoms with E-state index in [-0.39, 0.29) is 11.9 Å². The van der Waals surface area contributed by atoms with Crippen molar-refractivity contribution in [3.8, 4) is 0 Å². The number of morpholine rings is 1. The van der Waals surface area contributed by atoms with Crippen molar-refractivity contribution in [2.75, 3.05) is 38.3 Å². The number of fused-ring (bicyclic) bond motifs is 1. The molecule has 0 atom stereocenters. The van der Waals surface area contributed by atoms with E-state index in [2.05, 4.69) is 4.90 Å². The first-order valence-corrected chi connectivity index (χ1v) is 7.85. The van der Waals surface area contributed by atoms with Crippen molar-refractivity contribution in [2.24, 2.45) is 0 Å². The molecule has 0 aliphatic carbocycles. The average Bonchev–Trinajstić information content (AvgIpc) is 2.90. The quantitative estimate of drug-likeness (QED) is 0.793. The van der Waals surface area contributed by atoms with Gasteiger partial charge in [0, 0.05) is 37.3 Å². The largest absolute Gasteiger partial charge is 0.378 e. The predicted octanol–water partition coefficient (Wildman–Crippen LogP) is 1.86. The third-order valence-electron chi connectivity index (χ3n) is 4.37. The fourth-order valence-corrected chi connectivity index (χ4v) is 3.08. The first-order valence-electron chi connectivity index (χ1n) is 7.85. The molecule has 2 aliphatic heterocycles. The molecule has 0 bridgehead atoms. The maximum absolute atomic E-state index is 12.6. The van der Waals surface area contributed by atoms with E-state index in [1.807, 2.05) is 19.9 Å². The van der Waals surface area contributed by atoms with Crippen molar-refractivity contribution in [2.45, 2.75) is 26.4 Å². The number of anilines is 1. The molecule has 0 N–H and O–H groups in total. The lowest BCUT2D eigenvalue weighted by Crippen LogP contribution is -2.36. The number of carbonyl (C=O) groups excluding carboxylic acids is 1. The van der Waals surface area contributed by atoms with Crippen LogP contribution in [0.2, 0.25) is 0 Å². The molecular formula is C16H22N3O4+. The Bertz CT molecular complexity index is 638. The SMILES string of the molecule is CO[N+](=O)c1cc2c(cc1N1CCOCC1)C(=O)N(C(C)C)C2. The molecule has 1 fully saturated rings. The van der Waals surface area contributed by atoms with Gasteiger partial charge < -0.3 is 14.5 Å². The molecule has 3 rings (SSSR count). The Morgan fingerprint density at radius 3 is 2.57 bits per heavy atom. The lowest BCUT2D eigenvalue weighted by Gasteiger charge is -2.28. The summed E-state index contributed by atoms with van der Waals surface area (Å²) in [5.74, 6) is 0.0194. The Kier molecular flexibility index (Phi) is 4.21. The molecule has 7 nitrogen and oxygen atoms in total. The van der Waals surface area contributed by atoms with Gasteiger partial charge >= 0.3 is 5.69 Å². The second-order valence-corrected chi connectivity index (χ2v) is 6.06. The highest BCUT2D eigenvalue weighted by atomic mass is 16.8. The summed E-state index contributed by atoms with van der Waals surface area (Å²) in [5, 5.41) is 0. The van der Waals surface area contributed by atoms with E-state index >= 15 is 0 Å². The summed E-state index contributed by atoms with van der Waals surface area (Å²) in [5.41, 5.74) is 2.71. The highest BCUT2D eigenvalue weighted by molar-refractivity contribution is 6.00. The maximum Gasteiger partial charge on any atom is 0.340 e. The summed E-state index contributed by atoms with van der Waals surface area (Å²) in [4.78, 5) is 33.9. The minimum atomic E-state index is 0.0194. The van der Waals surface area contributed by atoms with Crippen molar-refractivity contribution in [1.29, 1.82) is 0 Å². The Balaban J connectivity index is 2.05. The zero-order valence-corrected chi connectivity index (χ0v) is 13.7. The molecule has 1 aromatic rings. The summed E-state index contributed by atoms with van der Waals surface area (Å²) in [6.45, 7) is 7.09. The van der Waals surface area contributed by atoms with Gasteiger partial charge in [-0.3, -0.25) is 4.79 Å². The van der Waals surface area contributed by atoms with Gasteiger partial charge in [0.2, 0.25) is 0 Å². The Labute approximate surface area is 135 Å². The van der Waals surface area contributed by atoms with Gasteiger partial charge in [-0.05, 0) is 25.5 Å². The topological polar surface area (TPSA) is 62.1 Å². The third-order valence-corrected chi connectivity index (χ3v) is 4.37. The molecule has 0 unspecified atom stereocenters. The maximum atomic E-state index is 12.6. The van der Waals surface area contributed by atoms with E-state index in [4.69, 9.17) is 9.57 Å². The molecule has 2 aliphatic rings.